The number of likely N-dealkylation sites (tertiary alicyclic amines) is 1. The summed E-state index contributed by atoms with van der Waals surface area (Å²) in [5.74, 6) is -1.16. The number of nitrogens with two attached hydrogens (primary N) is 2. The summed E-state index contributed by atoms with van der Waals surface area (Å²) in [6.45, 7) is 0.929. The number of hydrogen-bond acceptors (Lipinski definition) is 5. The minimum Gasteiger partial charge on any atom is -0.480 e. The first kappa shape index (κ1) is 16.7. The third-order valence-electron chi connectivity index (χ3n) is 3.15. The van der Waals surface area contributed by atoms with Gasteiger partial charge in [-0.25, -0.2) is 0 Å². The molecule has 21 heavy (non-hydrogen) atoms. The molecule has 0 aromatic carbocycles. The summed E-state index contributed by atoms with van der Waals surface area (Å²) in [6, 6.07) is -0.914. The van der Waals surface area contributed by atoms with E-state index in [2.05, 4.69) is 15.0 Å². The summed E-state index contributed by atoms with van der Waals surface area (Å²) in [4.78, 5) is 30.3. The molecule has 116 valence electrons. The fraction of sp³-hybridized carbons (Fsp3) is 0.727. The zero-order valence-electron chi connectivity index (χ0n) is 11.6. The summed E-state index contributed by atoms with van der Waals surface area (Å²) in [6.07, 6.45) is 1.04. The number of hydrogen-bond donors (Lipinski definition) is 3. The molecular formula is C11H19N7O3. The molecule has 1 rings (SSSR count). The molecule has 2 unspecified atom stereocenters. The zero-order chi connectivity index (χ0) is 15.8. The van der Waals surface area contributed by atoms with E-state index in [0.29, 0.717) is 25.9 Å². The highest BCUT2D eigenvalue weighted by atomic mass is 16.4. The van der Waals surface area contributed by atoms with Crippen LogP contribution in [-0.4, -0.2) is 53.5 Å². The molecule has 0 aromatic heterocycles. The lowest BCUT2D eigenvalue weighted by Crippen LogP contribution is -2.38. The van der Waals surface area contributed by atoms with Crippen LogP contribution in [-0.2, 0) is 9.59 Å². The van der Waals surface area contributed by atoms with Crippen LogP contribution in [0.1, 0.15) is 19.3 Å². The van der Waals surface area contributed by atoms with Crippen molar-refractivity contribution >= 4 is 17.8 Å². The molecule has 0 bridgehead atoms. The fourth-order valence-corrected chi connectivity index (χ4v) is 1.99. The third kappa shape index (κ3) is 5.28. The lowest BCUT2D eigenvalue weighted by atomic mass is 10.1. The van der Waals surface area contributed by atoms with Crippen LogP contribution >= 0.6 is 0 Å². The average molecular weight is 297 g/mol. The fourth-order valence-electron chi connectivity index (χ4n) is 1.99. The van der Waals surface area contributed by atoms with E-state index in [9.17, 15) is 9.59 Å². The third-order valence-corrected chi connectivity index (χ3v) is 3.15. The number of nitrogens with zero attached hydrogens (tertiary/aromatic N) is 5. The van der Waals surface area contributed by atoms with Crippen LogP contribution in [0.25, 0.3) is 10.4 Å². The van der Waals surface area contributed by atoms with E-state index in [1.54, 1.807) is 0 Å². The number of carboxylic acid groups (broad SMARTS) is 1. The molecule has 2 atom stereocenters. The number of carbonyl (C=O) groups excluding carboxylic acids is 1. The summed E-state index contributed by atoms with van der Waals surface area (Å²) >= 11 is 0. The second-order valence-corrected chi connectivity index (χ2v) is 4.81. The Kier molecular flexibility index (Phi) is 6.44. The Hall–Kier alpha value is -2.32. The summed E-state index contributed by atoms with van der Waals surface area (Å²) in [5, 5.41) is 12.1. The molecule has 0 saturated carbocycles. The van der Waals surface area contributed by atoms with E-state index in [0.717, 1.165) is 0 Å². The van der Waals surface area contributed by atoms with Crippen molar-refractivity contribution in [2.24, 2.45) is 27.5 Å². The van der Waals surface area contributed by atoms with Crippen molar-refractivity contribution in [2.45, 2.75) is 25.3 Å². The molecule has 1 saturated heterocycles. The summed E-state index contributed by atoms with van der Waals surface area (Å²) < 4.78 is 0. The maximum absolute atomic E-state index is 11.8. The highest BCUT2D eigenvalue weighted by molar-refractivity contribution is 5.97. The zero-order valence-corrected chi connectivity index (χ0v) is 11.6. The number of guanidine groups is 1. The van der Waals surface area contributed by atoms with Gasteiger partial charge in [0.25, 0.3) is 0 Å². The Morgan fingerprint density at radius 3 is 2.95 bits per heavy atom. The smallest absolute Gasteiger partial charge is 0.320 e. The molecule has 5 N–H and O–H groups in total. The van der Waals surface area contributed by atoms with E-state index in [1.807, 2.05) is 0 Å². The topological polar surface area (TPSA) is 171 Å². The van der Waals surface area contributed by atoms with Gasteiger partial charge in [-0.15, -0.1) is 0 Å². The molecule has 10 nitrogen and oxygen atoms in total. The van der Waals surface area contributed by atoms with E-state index in [-0.39, 0.29) is 30.8 Å². The van der Waals surface area contributed by atoms with Crippen molar-refractivity contribution in [3.63, 3.8) is 0 Å². The van der Waals surface area contributed by atoms with E-state index < -0.39 is 12.0 Å². The van der Waals surface area contributed by atoms with Gasteiger partial charge in [0.1, 0.15) is 6.04 Å². The van der Waals surface area contributed by atoms with Gasteiger partial charge in [0.05, 0.1) is 0 Å². The minimum absolute atomic E-state index is 0.0532. The monoisotopic (exact) mass is 297 g/mol. The minimum atomic E-state index is -1.05. The SMILES string of the molecule is [N-]=[N+]=NCC1CC(=O)N(C(N)=NCCCC(N)C(=O)O)C1. The van der Waals surface area contributed by atoms with Gasteiger partial charge in [0.15, 0.2) is 5.96 Å². The largest absolute Gasteiger partial charge is 0.480 e. The first-order valence-corrected chi connectivity index (χ1v) is 6.55. The standard InChI is InChI=1S/C11H19N7O3/c12-8(10(20)21)2-1-3-15-11(13)18-6-7(4-9(18)19)5-16-17-14/h7-8H,1-6,12H2,(H2,13,15)(H,20,21). The molecular weight excluding hydrogens is 278 g/mol. The van der Waals surface area contributed by atoms with Crippen LogP contribution in [0.3, 0.4) is 0 Å². The van der Waals surface area contributed by atoms with Crippen molar-refractivity contribution in [1.82, 2.24) is 4.90 Å². The predicted octanol–water partition coefficient (Wildman–Crippen LogP) is -0.348. The molecule has 0 radical (unpaired) electrons. The number of carbonyl (C=O) groups is 2. The van der Waals surface area contributed by atoms with Crippen molar-refractivity contribution in [3.8, 4) is 0 Å². The maximum Gasteiger partial charge on any atom is 0.320 e. The van der Waals surface area contributed by atoms with Gasteiger partial charge in [0.2, 0.25) is 5.91 Å². The van der Waals surface area contributed by atoms with E-state index >= 15 is 0 Å². The van der Waals surface area contributed by atoms with Crippen LogP contribution in [0.5, 0.6) is 0 Å². The lowest BCUT2D eigenvalue weighted by Gasteiger charge is -2.15. The number of amides is 1. The number of carboxylic acids is 1. The van der Waals surface area contributed by atoms with Crippen molar-refractivity contribution in [3.05, 3.63) is 10.4 Å². The summed E-state index contributed by atoms with van der Waals surface area (Å²) in [5.41, 5.74) is 19.4. The van der Waals surface area contributed by atoms with E-state index in [1.165, 1.54) is 4.90 Å². The molecule has 1 aliphatic heterocycles. The molecule has 0 spiro atoms. The van der Waals surface area contributed by atoms with Gasteiger partial charge >= 0.3 is 5.97 Å². The van der Waals surface area contributed by atoms with Crippen LogP contribution in [0.2, 0.25) is 0 Å². The van der Waals surface area contributed by atoms with Crippen molar-refractivity contribution < 1.29 is 14.7 Å². The highest BCUT2D eigenvalue weighted by Gasteiger charge is 2.31. The second kappa shape index (κ2) is 8.08. The second-order valence-electron chi connectivity index (χ2n) is 4.81. The van der Waals surface area contributed by atoms with Crippen LogP contribution in [0, 0.1) is 5.92 Å². The predicted molar refractivity (Wildman–Crippen MR) is 75.2 cm³/mol. The molecule has 1 fully saturated rings. The van der Waals surface area contributed by atoms with Crippen molar-refractivity contribution in [2.75, 3.05) is 19.6 Å². The number of azide groups is 1. The Morgan fingerprint density at radius 1 is 1.62 bits per heavy atom. The number of aliphatic carboxylic acids is 1. The van der Waals surface area contributed by atoms with Crippen LogP contribution < -0.4 is 11.5 Å². The molecule has 10 heteroatoms. The highest BCUT2D eigenvalue weighted by Crippen LogP contribution is 2.17. The molecule has 1 heterocycles. The number of aliphatic imine (C=N–C) groups is 1. The Bertz CT molecular complexity index is 472. The Labute approximate surface area is 121 Å². The average Bonchev–Trinajstić information content (AvgIpc) is 2.81. The van der Waals surface area contributed by atoms with Crippen LogP contribution in [0.15, 0.2) is 10.1 Å². The molecule has 0 aromatic rings. The van der Waals surface area contributed by atoms with Crippen molar-refractivity contribution in [1.29, 1.82) is 0 Å². The van der Waals surface area contributed by atoms with Gasteiger partial charge < -0.3 is 16.6 Å². The Balaban J connectivity index is 2.41. The van der Waals surface area contributed by atoms with Gasteiger partial charge in [-0.3, -0.25) is 19.5 Å². The van der Waals surface area contributed by atoms with Gasteiger partial charge in [-0.1, -0.05) is 5.11 Å². The first-order valence-electron chi connectivity index (χ1n) is 6.55. The van der Waals surface area contributed by atoms with Gasteiger partial charge in [0, 0.05) is 31.0 Å². The van der Waals surface area contributed by atoms with E-state index in [4.69, 9.17) is 22.1 Å². The normalized spacial score (nSPS) is 20.2. The summed E-state index contributed by atoms with van der Waals surface area (Å²) in [7, 11) is 0. The quantitative estimate of drug-likeness (QED) is 0.145. The van der Waals surface area contributed by atoms with Crippen LogP contribution in [0.4, 0.5) is 0 Å². The van der Waals surface area contributed by atoms with Gasteiger partial charge in [-0.2, -0.15) is 0 Å². The Morgan fingerprint density at radius 2 is 2.33 bits per heavy atom. The first-order chi connectivity index (χ1) is 9.95. The lowest BCUT2D eigenvalue weighted by molar-refractivity contribution is -0.138. The molecule has 1 aliphatic rings. The molecule has 0 aliphatic carbocycles. The maximum atomic E-state index is 11.8. The number of rotatable bonds is 7. The molecule has 1 amide bonds. The van der Waals surface area contributed by atoms with Gasteiger partial charge in [-0.05, 0) is 24.3 Å².